The van der Waals surface area contributed by atoms with Crippen molar-refractivity contribution < 1.29 is 4.39 Å². The summed E-state index contributed by atoms with van der Waals surface area (Å²) in [5.74, 6) is 0.501. The Morgan fingerprint density at radius 1 is 1.04 bits per heavy atom. The molecule has 3 rings (SSSR count). The van der Waals surface area contributed by atoms with Crippen molar-refractivity contribution >= 4 is 29.9 Å². The summed E-state index contributed by atoms with van der Waals surface area (Å²) in [5.41, 5.74) is 3.94. The first-order chi connectivity index (χ1) is 13.1. The van der Waals surface area contributed by atoms with E-state index in [1.807, 2.05) is 41.3 Å². The van der Waals surface area contributed by atoms with Crippen LogP contribution in [-0.4, -0.2) is 22.8 Å². The van der Waals surface area contributed by atoms with E-state index in [0.717, 1.165) is 17.7 Å². The molecule has 2 aromatic carbocycles. The van der Waals surface area contributed by atoms with Crippen molar-refractivity contribution in [1.29, 1.82) is 0 Å². The predicted octanol–water partition coefficient (Wildman–Crippen LogP) is 3.86. The van der Waals surface area contributed by atoms with Gasteiger partial charge in [-0.05, 0) is 29.7 Å². The van der Waals surface area contributed by atoms with Gasteiger partial charge in [-0.25, -0.2) is 4.39 Å². The molecule has 7 heteroatoms. The molecule has 0 aliphatic heterocycles. The highest BCUT2D eigenvalue weighted by atomic mass is 127. The van der Waals surface area contributed by atoms with E-state index in [-0.39, 0.29) is 29.8 Å². The molecule has 1 aromatic heterocycles. The number of aliphatic imine (C=N–C) groups is 1. The van der Waals surface area contributed by atoms with Gasteiger partial charge in [-0.1, -0.05) is 42.5 Å². The van der Waals surface area contributed by atoms with E-state index >= 15 is 0 Å². The number of guanidine groups is 1. The van der Waals surface area contributed by atoms with Crippen LogP contribution in [0.3, 0.4) is 0 Å². The van der Waals surface area contributed by atoms with Gasteiger partial charge in [-0.2, -0.15) is 5.10 Å². The lowest BCUT2D eigenvalue weighted by atomic mass is 10.1. The van der Waals surface area contributed by atoms with Crippen molar-refractivity contribution in [2.45, 2.75) is 26.6 Å². The van der Waals surface area contributed by atoms with E-state index in [1.165, 1.54) is 11.6 Å². The highest BCUT2D eigenvalue weighted by Crippen LogP contribution is 2.09. The zero-order chi connectivity index (χ0) is 19.1. The lowest BCUT2D eigenvalue weighted by Gasteiger charge is -2.11. The molecule has 2 N–H and O–H groups in total. The summed E-state index contributed by atoms with van der Waals surface area (Å²) in [6.07, 6.45) is 3.88. The number of benzene rings is 2. The third-order valence-corrected chi connectivity index (χ3v) is 4.24. The Balaban J connectivity index is 0.00000280. The van der Waals surface area contributed by atoms with Crippen LogP contribution in [0.5, 0.6) is 0 Å². The average Bonchev–Trinajstić information content (AvgIpc) is 3.13. The van der Waals surface area contributed by atoms with Crippen LogP contribution in [0.2, 0.25) is 0 Å². The summed E-state index contributed by atoms with van der Waals surface area (Å²) >= 11 is 0. The van der Waals surface area contributed by atoms with E-state index < -0.39 is 0 Å². The van der Waals surface area contributed by atoms with E-state index in [9.17, 15) is 4.39 Å². The fourth-order valence-corrected chi connectivity index (χ4v) is 2.76. The minimum atomic E-state index is -0.186. The average molecular weight is 493 g/mol. The number of aryl methyl sites for hydroxylation is 1. The van der Waals surface area contributed by atoms with Gasteiger partial charge in [0.2, 0.25) is 0 Å². The maximum atomic E-state index is 13.3. The molecule has 148 valence electrons. The van der Waals surface area contributed by atoms with Gasteiger partial charge in [0.15, 0.2) is 5.96 Å². The summed E-state index contributed by atoms with van der Waals surface area (Å²) in [5, 5.41) is 10.9. The first-order valence-corrected chi connectivity index (χ1v) is 8.89. The van der Waals surface area contributed by atoms with Crippen LogP contribution >= 0.6 is 24.0 Å². The number of aromatic nitrogens is 2. The first-order valence-electron chi connectivity index (χ1n) is 8.89. The van der Waals surface area contributed by atoms with Crippen molar-refractivity contribution in [2.24, 2.45) is 4.99 Å². The molecule has 0 aliphatic carbocycles. The van der Waals surface area contributed by atoms with Crippen LogP contribution in [0.4, 0.5) is 4.39 Å². The monoisotopic (exact) mass is 493 g/mol. The molecular formula is C21H25FIN5. The van der Waals surface area contributed by atoms with Crippen LogP contribution in [0.15, 0.2) is 65.9 Å². The topological polar surface area (TPSA) is 54.2 Å². The lowest BCUT2D eigenvalue weighted by molar-refractivity contribution is 0.617. The maximum absolute atomic E-state index is 13.3. The van der Waals surface area contributed by atoms with Crippen LogP contribution < -0.4 is 10.6 Å². The normalized spacial score (nSPS) is 11.0. The summed E-state index contributed by atoms with van der Waals surface area (Å²) in [6.45, 7) is 3.71. The second-order valence-electron chi connectivity index (χ2n) is 6.39. The van der Waals surface area contributed by atoms with Gasteiger partial charge in [0.05, 0.1) is 12.7 Å². The van der Waals surface area contributed by atoms with Crippen molar-refractivity contribution in [3.05, 3.63) is 89.0 Å². The Labute approximate surface area is 182 Å². The van der Waals surface area contributed by atoms with Gasteiger partial charge in [0, 0.05) is 31.9 Å². The maximum Gasteiger partial charge on any atom is 0.191 e. The smallest absolute Gasteiger partial charge is 0.191 e. The molecule has 0 saturated carbocycles. The number of rotatable bonds is 6. The number of hydrogen-bond donors (Lipinski definition) is 2. The van der Waals surface area contributed by atoms with E-state index in [0.29, 0.717) is 24.6 Å². The first kappa shape index (κ1) is 21.9. The zero-order valence-corrected chi connectivity index (χ0v) is 18.4. The number of halogens is 2. The molecular weight excluding hydrogens is 468 g/mol. The largest absolute Gasteiger partial charge is 0.352 e. The summed E-state index contributed by atoms with van der Waals surface area (Å²) in [7, 11) is 1.73. The van der Waals surface area contributed by atoms with E-state index in [4.69, 9.17) is 0 Å². The van der Waals surface area contributed by atoms with Gasteiger partial charge < -0.3 is 10.6 Å². The lowest BCUT2D eigenvalue weighted by Crippen LogP contribution is -2.36. The van der Waals surface area contributed by atoms with Gasteiger partial charge >= 0.3 is 0 Å². The molecule has 0 bridgehead atoms. The Morgan fingerprint density at radius 2 is 1.75 bits per heavy atom. The van der Waals surface area contributed by atoms with E-state index in [1.54, 1.807) is 20.0 Å². The van der Waals surface area contributed by atoms with Crippen molar-refractivity contribution in [1.82, 2.24) is 20.4 Å². The number of nitrogens with zero attached hydrogens (tertiary/aromatic N) is 3. The molecule has 0 unspecified atom stereocenters. The van der Waals surface area contributed by atoms with Crippen LogP contribution in [-0.2, 0) is 19.6 Å². The Bertz CT molecular complexity index is 908. The molecule has 28 heavy (non-hydrogen) atoms. The van der Waals surface area contributed by atoms with Crippen LogP contribution in [0.25, 0.3) is 0 Å². The fraction of sp³-hybridized carbons (Fsp3) is 0.238. The van der Waals surface area contributed by atoms with Gasteiger partial charge in [0.1, 0.15) is 5.82 Å². The third kappa shape index (κ3) is 6.33. The Morgan fingerprint density at radius 3 is 2.43 bits per heavy atom. The third-order valence-electron chi connectivity index (χ3n) is 4.24. The quantitative estimate of drug-likeness (QED) is 0.312. The molecule has 0 aliphatic rings. The molecule has 0 fully saturated rings. The van der Waals surface area contributed by atoms with Gasteiger partial charge in [-0.15, -0.1) is 24.0 Å². The molecule has 0 radical (unpaired) electrons. The summed E-state index contributed by atoms with van der Waals surface area (Å²) in [4.78, 5) is 4.23. The molecule has 3 aromatic rings. The van der Waals surface area contributed by atoms with Gasteiger partial charge in [-0.3, -0.25) is 9.67 Å². The minimum absolute atomic E-state index is 0. The molecule has 1 heterocycles. The number of hydrogen-bond acceptors (Lipinski definition) is 2. The van der Waals surface area contributed by atoms with Crippen molar-refractivity contribution in [3.8, 4) is 0 Å². The summed E-state index contributed by atoms with van der Waals surface area (Å²) in [6, 6.07) is 15.3. The summed E-state index contributed by atoms with van der Waals surface area (Å²) < 4.78 is 15.3. The molecule has 0 saturated heterocycles. The molecule has 0 atom stereocenters. The van der Waals surface area contributed by atoms with Crippen LogP contribution in [0, 0.1) is 12.7 Å². The predicted molar refractivity (Wildman–Crippen MR) is 121 cm³/mol. The molecule has 5 nitrogen and oxygen atoms in total. The number of nitrogens with one attached hydrogen (secondary N) is 2. The highest BCUT2D eigenvalue weighted by Gasteiger charge is 2.04. The van der Waals surface area contributed by atoms with Crippen molar-refractivity contribution in [3.63, 3.8) is 0 Å². The molecule has 0 amide bonds. The van der Waals surface area contributed by atoms with Gasteiger partial charge in [0.25, 0.3) is 0 Å². The molecule has 0 spiro atoms. The minimum Gasteiger partial charge on any atom is -0.352 e. The second kappa shape index (κ2) is 10.8. The zero-order valence-electron chi connectivity index (χ0n) is 16.0. The second-order valence-corrected chi connectivity index (χ2v) is 6.39. The van der Waals surface area contributed by atoms with Crippen LogP contribution in [0.1, 0.15) is 22.3 Å². The SMILES string of the molecule is CN=C(NCc1ccc(F)c(C)c1)NCc1cnn(Cc2ccccc2)c1.I. The standard InChI is InChI=1S/C21H24FN5.HI/c1-16-10-18(8-9-20(16)22)11-24-21(23-2)25-12-19-13-26-27(15-19)14-17-6-4-3-5-7-17;/h3-10,13,15H,11-12,14H2,1-2H3,(H2,23,24,25);1H. The Hall–Kier alpha value is -2.42. The highest BCUT2D eigenvalue weighted by molar-refractivity contribution is 14.0. The van der Waals surface area contributed by atoms with E-state index in [2.05, 4.69) is 32.9 Å². The fourth-order valence-electron chi connectivity index (χ4n) is 2.76. The Kier molecular flexibility index (Phi) is 8.43. The van der Waals surface area contributed by atoms with Crippen molar-refractivity contribution in [2.75, 3.05) is 7.05 Å².